The summed E-state index contributed by atoms with van der Waals surface area (Å²) in [5.41, 5.74) is 2.51. The topological polar surface area (TPSA) is 44.4 Å². The molecule has 0 unspecified atom stereocenters. The van der Waals surface area contributed by atoms with Crippen molar-refractivity contribution in [3.05, 3.63) is 34.1 Å². The number of aldehydes is 1. The Kier molecular flexibility index (Phi) is 4.61. The van der Waals surface area contributed by atoms with Gasteiger partial charge < -0.3 is 13.7 Å². The van der Waals surface area contributed by atoms with Crippen LogP contribution in [0.5, 0.6) is 0 Å². The van der Waals surface area contributed by atoms with Crippen LogP contribution in [0.15, 0.2) is 27.3 Å². The summed E-state index contributed by atoms with van der Waals surface area (Å²) in [6, 6.07) is 3.73. The average Bonchev–Trinajstić information content (AvgIpc) is 2.98. The molecule has 2 aromatic heterocycles. The Morgan fingerprint density at radius 2 is 2.32 bits per heavy atom. The van der Waals surface area contributed by atoms with Gasteiger partial charge in [-0.3, -0.25) is 4.79 Å². The first kappa shape index (κ1) is 14.1. The van der Waals surface area contributed by atoms with Gasteiger partial charge in [0.2, 0.25) is 0 Å². The van der Waals surface area contributed by atoms with Crippen LogP contribution in [0, 0.1) is 6.92 Å². The molecule has 0 bridgehead atoms. The second-order valence-electron chi connectivity index (χ2n) is 4.25. The summed E-state index contributed by atoms with van der Waals surface area (Å²) in [6.45, 7) is 3.40. The van der Waals surface area contributed by atoms with Gasteiger partial charge in [-0.05, 0) is 41.4 Å². The summed E-state index contributed by atoms with van der Waals surface area (Å²) in [4.78, 5) is 11.2. The van der Waals surface area contributed by atoms with Crippen molar-refractivity contribution in [2.24, 2.45) is 0 Å². The second kappa shape index (κ2) is 6.21. The van der Waals surface area contributed by atoms with E-state index in [0.29, 0.717) is 12.2 Å². The molecule has 19 heavy (non-hydrogen) atoms. The van der Waals surface area contributed by atoms with Gasteiger partial charge >= 0.3 is 0 Å². The monoisotopic (exact) mass is 325 g/mol. The molecule has 5 heteroatoms. The molecule has 0 radical (unpaired) electrons. The Hall–Kier alpha value is -1.33. The SMILES string of the molecule is COCCCn1c(C)c(C=O)c(Br)c1-c1ccco1. The maximum atomic E-state index is 11.2. The fourth-order valence-corrected chi connectivity index (χ4v) is 2.95. The van der Waals surface area contributed by atoms with Crippen molar-refractivity contribution in [3.63, 3.8) is 0 Å². The van der Waals surface area contributed by atoms with Crippen LogP contribution in [0.4, 0.5) is 0 Å². The lowest BCUT2D eigenvalue weighted by molar-refractivity contribution is 0.112. The molecule has 2 rings (SSSR count). The number of furan rings is 1. The molecule has 0 saturated carbocycles. The molecule has 0 saturated heterocycles. The van der Waals surface area contributed by atoms with Gasteiger partial charge in [0.25, 0.3) is 0 Å². The maximum absolute atomic E-state index is 11.2. The van der Waals surface area contributed by atoms with E-state index in [0.717, 1.165) is 40.9 Å². The van der Waals surface area contributed by atoms with E-state index in [1.807, 2.05) is 19.1 Å². The van der Waals surface area contributed by atoms with Crippen LogP contribution >= 0.6 is 15.9 Å². The fraction of sp³-hybridized carbons (Fsp3) is 0.357. The highest BCUT2D eigenvalue weighted by Crippen LogP contribution is 2.35. The molecule has 0 fully saturated rings. The van der Waals surface area contributed by atoms with Crippen molar-refractivity contribution in [1.82, 2.24) is 4.57 Å². The minimum atomic E-state index is 0.670. The van der Waals surface area contributed by atoms with Crippen LogP contribution in [-0.2, 0) is 11.3 Å². The van der Waals surface area contributed by atoms with Gasteiger partial charge in [-0.15, -0.1) is 0 Å². The Labute approximate surface area is 120 Å². The number of rotatable bonds is 6. The molecule has 0 atom stereocenters. The lowest BCUT2D eigenvalue weighted by atomic mass is 10.2. The van der Waals surface area contributed by atoms with Crippen LogP contribution < -0.4 is 0 Å². The molecule has 0 N–H and O–H groups in total. The van der Waals surface area contributed by atoms with E-state index in [-0.39, 0.29) is 0 Å². The van der Waals surface area contributed by atoms with Crippen molar-refractivity contribution < 1.29 is 13.9 Å². The summed E-state index contributed by atoms with van der Waals surface area (Å²) >= 11 is 3.50. The summed E-state index contributed by atoms with van der Waals surface area (Å²) < 4.78 is 13.4. The molecular weight excluding hydrogens is 310 g/mol. The van der Waals surface area contributed by atoms with Gasteiger partial charge in [-0.2, -0.15) is 0 Å². The molecule has 0 aliphatic carbocycles. The first-order chi connectivity index (χ1) is 9.20. The van der Waals surface area contributed by atoms with E-state index >= 15 is 0 Å². The largest absolute Gasteiger partial charge is 0.463 e. The third-order valence-corrected chi connectivity index (χ3v) is 3.91. The minimum absolute atomic E-state index is 0.670. The Morgan fingerprint density at radius 1 is 1.53 bits per heavy atom. The number of hydrogen-bond acceptors (Lipinski definition) is 3. The summed E-state index contributed by atoms with van der Waals surface area (Å²) in [5.74, 6) is 0.750. The molecule has 102 valence electrons. The normalized spacial score (nSPS) is 10.9. The molecule has 0 aliphatic rings. The molecule has 0 spiro atoms. The number of methoxy groups -OCH3 is 1. The lowest BCUT2D eigenvalue weighted by Crippen LogP contribution is -2.05. The van der Waals surface area contributed by atoms with Crippen LogP contribution in [0.1, 0.15) is 22.5 Å². The van der Waals surface area contributed by atoms with Gasteiger partial charge in [0.1, 0.15) is 0 Å². The maximum Gasteiger partial charge on any atom is 0.153 e. The first-order valence-electron chi connectivity index (χ1n) is 6.07. The number of hydrogen-bond donors (Lipinski definition) is 0. The van der Waals surface area contributed by atoms with Crippen molar-refractivity contribution in [2.75, 3.05) is 13.7 Å². The first-order valence-corrected chi connectivity index (χ1v) is 6.86. The van der Waals surface area contributed by atoms with Gasteiger partial charge in [0, 0.05) is 31.5 Å². The van der Waals surface area contributed by atoms with Gasteiger partial charge in [-0.25, -0.2) is 0 Å². The van der Waals surface area contributed by atoms with Crippen molar-refractivity contribution >= 4 is 22.2 Å². The lowest BCUT2D eigenvalue weighted by Gasteiger charge is -2.10. The highest BCUT2D eigenvalue weighted by Gasteiger charge is 2.20. The van der Waals surface area contributed by atoms with E-state index < -0.39 is 0 Å². The molecular formula is C14H16BrNO3. The number of halogens is 1. The quantitative estimate of drug-likeness (QED) is 0.601. The molecule has 2 aromatic rings. The van der Waals surface area contributed by atoms with Crippen molar-refractivity contribution in [3.8, 4) is 11.5 Å². The highest BCUT2D eigenvalue weighted by atomic mass is 79.9. The Morgan fingerprint density at radius 3 is 2.89 bits per heavy atom. The predicted molar refractivity (Wildman–Crippen MR) is 76.5 cm³/mol. The number of nitrogens with zero attached hydrogens (tertiary/aromatic N) is 1. The molecule has 0 amide bonds. The Bertz CT molecular complexity index is 558. The third kappa shape index (κ3) is 2.67. The number of carbonyl (C=O) groups excluding carboxylic acids is 1. The number of aromatic nitrogens is 1. The van der Waals surface area contributed by atoms with E-state index in [4.69, 9.17) is 9.15 Å². The number of ether oxygens (including phenoxy) is 1. The van der Waals surface area contributed by atoms with Crippen molar-refractivity contribution in [2.45, 2.75) is 19.9 Å². The van der Waals surface area contributed by atoms with E-state index in [1.165, 1.54) is 0 Å². The minimum Gasteiger partial charge on any atom is -0.463 e. The van der Waals surface area contributed by atoms with Crippen LogP contribution in [0.25, 0.3) is 11.5 Å². The standard InChI is InChI=1S/C14H16BrNO3/c1-10-11(9-17)13(15)14(12-5-3-8-19-12)16(10)6-4-7-18-2/h3,5,8-9H,4,6-7H2,1-2H3. The molecule has 4 nitrogen and oxygen atoms in total. The van der Waals surface area contributed by atoms with Gasteiger partial charge in [0.05, 0.1) is 16.4 Å². The molecule has 0 aromatic carbocycles. The third-order valence-electron chi connectivity index (χ3n) is 3.11. The van der Waals surface area contributed by atoms with Gasteiger partial charge in [0.15, 0.2) is 12.0 Å². The van der Waals surface area contributed by atoms with Crippen molar-refractivity contribution in [1.29, 1.82) is 0 Å². The van der Waals surface area contributed by atoms with Gasteiger partial charge in [-0.1, -0.05) is 0 Å². The molecule has 0 aliphatic heterocycles. The van der Waals surface area contributed by atoms with Crippen LogP contribution in [-0.4, -0.2) is 24.6 Å². The van der Waals surface area contributed by atoms with Crippen LogP contribution in [0.2, 0.25) is 0 Å². The summed E-state index contributed by atoms with van der Waals surface area (Å²) in [5, 5.41) is 0. The van der Waals surface area contributed by atoms with E-state index in [1.54, 1.807) is 13.4 Å². The second-order valence-corrected chi connectivity index (χ2v) is 5.05. The average molecular weight is 326 g/mol. The predicted octanol–water partition coefficient (Wildman–Crippen LogP) is 3.67. The smallest absolute Gasteiger partial charge is 0.153 e. The summed E-state index contributed by atoms with van der Waals surface area (Å²) in [6.07, 6.45) is 3.38. The summed E-state index contributed by atoms with van der Waals surface area (Å²) in [7, 11) is 1.68. The zero-order chi connectivity index (χ0) is 13.8. The molecule has 2 heterocycles. The van der Waals surface area contributed by atoms with Crippen LogP contribution in [0.3, 0.4) is 0 Å². The van der Waals surface area contributed by atoms with E-state index in [2.05, 4.69) is 20.5 Å². The fourth-order valence-electron chi connectivity index (χ4n) is 2.16. The zero-order valence-electron chi connectivity index (χ0n) is 11.0. The van der Waals surface area contributed by atoms with E-state index in [9.17, 15) is 4.79 Å². The Balaban J connectivity index is 2.47. The zero-order valence-corrected chi connectivity index (χ0v) is 12.6. The highest BCUT2D eigenvalue weighted by molar-refractivity contribution is 9.10. The number of carbonyl (C=O) groups is 1.